The highest BCUT2D eigenvalue weighted by atomic mass is 35.5. The average molecular weight is 273 g/mol. The summed E-state index contributed by atoms with van der Waals surface area (Å²) in [4.78, 5) is 4.11. The van der Waals surface area contributed by atoms with Crippen molar-refractivity contribution < 1.29 is 13.9 Å². The van der Waals surface area contributed by atoms with Gasteiger partial charge in [-0.25, -0.2) is 8.78 Å². The van der Waals surface area contributed by atoms with Crippen LogP contribution >= 0.6 is 11.6 Å². The molecule has 18 heavy (non-hydrogen) atoms. The summed E-state index contributed by atoms with van der Waals surface area (Å²) in [6, 6.07) is 6.64. The van der Waals surface area contributed by atoms with Gasteiger partial charge in [0.05, 0.1) is 12.1 Å². The van der Waals surface area contributed by atoms with Gasteiger partial charge >= 0.3 is 0 Å². The number of halogens is 3. The lowest BCUT2D eigenvalue weighted by atomic mass is 10.2. The molecule has 6 heteroatoms. The van der Waals surface area contributed by atoms with E-state index in [2.05, 4.69) is 10.3 Å². The van der Waals surface area contributed by atoms with Crippen molar-refractivity contribution in [2.24, 2.45) is 0 Å². The van der Waals surface area contributed by atoms with Crippen LogP contribution in [0.3, 0.4) is 0 Å². The van der Waals surface area contributed by atoms with Crippen molar-refractivity contribution in [2.75, 3.05) is 18.5 Å². The minimum absolute atomic E-state index is 0.532. The number of aromatic nitrogens is 1. The Bertz CT molecular complexity index is 563. The van der Waals surface area contributed by atoms with E-state index in [-0.39, 0.29) is 0 Å². The van der Waals surface area contributed by atoms with E-state index in [1.807, 2.05) is 0 Å². The van der Waals surface area contributed by atoms with Crippen molar-refractivity contribution in [1.82, 2.24) is 4.98 Å². The summed E-state index contributed by atoms with van der Waals surface area (Å²) in [6.45, 7) is -1.82. The molecule has 0 atom stereocenters. The molecule has 2 aromatic rings. The zero-order valence-corrected chi connectivity index (χ0v) is 10.1. The summed E-state index contributed by atoms with van der Waals surface area (Å²) in [5, 5.41) is 12.3. The fourth-order valence-electron chi connectivity index (χ4n) is 1.56. The van der Waals surface area contributed by atoms with Crippen LogP contribution in [0.15, 0.2) is 30.5 Å². The second kappa shape index (κ2) is 5.04. The van der Waals surface area contributed by atoms with Gasteiger partial charge < -0.3 is 10.4 Å². The maximum Gasteiger partial charge on any atom is 0.287 e. The molecule has 0 saturated carbocycles. The summed E-state index contributed by atoms with van der Waals surface area (Å²) in [6.07, 6.45) is 1.51. The van der Waals surface area contributed by atoms with Crippen molar-refractivity contribution in [3.05, 3.63) is 35.5 Å². The fraction of sp³-hybridized carbons (Fsp3) is 0.250. The van der Waals surface area contributed by atoms with Gasteiger partial charge in [0.15, 0.2) is 0 Å². The number of nitrogens with one attached hydrogen (secondary N) is 1. The number of aliphatic hydroxyl groups excluding tert-OH is 1. The Morgan fingerprint density at radius 3 is 2.83 bits per heavy atom. The first-order valence-corrected chi connectivity index (χ1v) is 5.66. The first-order valence-electron chi connectivity index (χ1n) is 5.29. The zero-order chi connectivity index (χ0) is 13.2. The van der Waals surface area contributed by atoms with Gasteiger partial charge in [-0.3, -0.25) is 4.98 Å². The predicted octanol–water partition coefficient (Wildman–Crippen LogP) is 2.93. The molecule has 0 aliphatic rings. The van der Waals surface area contributed by atoms with Gasteiger partial charge in [-0.05, 0) is 24.3 Å². The molecule has 2 rings (SSSR count). The molecule has 1 aromatic carbocycles. The highest BCUT2D eigenvalue weighted by molar-refractivity contribution is 6.31. The Labute approximate surface area is 107 Å². The lowest BCUT2D eigenvalue weighted by Crippen LogP contribution is -2.31. The van der Waals surface area contributed by atoms with E-state index in [4.69, 9.17) is 16.7 Å². The Kier molecular flexibility index (Phi) is 3.63. The van der Waals surface area contributed by atoms with E-state index >= 15 is 0 Å². The van der Waals surface area contributed by atoms with Gasteiger partial charge in [0.25, 0.3) is 5.92 Å². The van der Waals surface area contributed by atoms with Gasteiger partial charge in [-0.15, -0.1) is 0 Å². The zero-order valence-electron chi connectivity index (χ0n) is 9.33. The van der Waals surface area contributed by atoms with E-state index in [9.17, 15) is 8.78 Å². The van der Waals surface area contributed by atoms with Crippen LogP contribution in [0.2, 0.25) is 5.02 Å². The van der Waals surface area contributed by atoms with E-state index < -0.39 is 19.1 Å². The number of anilines is 1. The molecule has 96 valence electrons. The van der Waals surface area contributed by atoms with E-state index in [0.29, 0.717) is 21.6 Å². The molecule has 0 saturated heterocycles. The topological polar surface area (TPSA) is 45.1 Å². The average Bonchev–Trinajstić information content (AvgIpc) is 2.36. The Hall–Kier alpha value is -1.46. The minimum atomic E-state index is -3.15. The molecule has 1 aromatic heterocycles. The number of alkyl halides is 2. The number of fused-ring (bicyclic) bond motifs is 1. The summed E-state index contributed by atoms with van der Waals surface area (Å²) in [5.74, 6) is -3.15. The SMILES string of the molecule is OCC(F)(F)CNc1ccnc2cc(Cl)ccc12. The maximum absolute atomic E-state index is 13.0. The third-order valence-electron chi connectivity index (χ3n) is 2.47. The first kappa shape index (κ1) is 13.0. The fourth-order valence-corrected chi connectivity index (χ4v) is 1.72. The maximum atomic E-state index is 13.0. The Morgan fingerprint density at radius 1 is 1.33 bits per heavy atom. The molecule has 2 N–H and O–H groups in total. The van der Waals surface area contributed by atoms with Crippen molar-refractivity contribution >= 4 is 28.2 Å². The molecular weight excluding hydrogens is 262 g/mol. The number of rotatable bonds is 4. The third-order valence-corrected chi connectivity index (χ3v) is 2.71. The van der Waals surface area contributed by atoms with Crippen molar-refractivity contribution in [2.45, 2.75) is 5.92 Å². The van der Waals surface area contributed by atoms with Crippen LogP contribution in [0.5, 0.6) is 0 Å². The third kappa shape index (κ3) is 2.86. The lowest BCUT2D eigenvalue weighted by Gasteiger charge is -2.16. The molecule has 0 spiro atoms. The minimum Gasteiger partial charge on any atom is -0.390 e. The number of hydrogen-bond donors (Lipinski definition) is 2. The van der Waals surface area contributed by atoms with E-state index in [0.717, 1.165) is 0 Å². The van der Waals surface area contributed by atoms with Gasteiger partial charge in [-0.2, -0.15) is 0 Å². The lowest BCUT2D eigenvalue weighted by molar-refractivity contribution is -0.0372. The molecule has 0 unspecified atom stereocenters. The van der Waals surface area contributed by atoms with Crippen LogP contribution in [0.4, 0.5) is 14.5 Å². The van der Waals surface area contributed by atoms with Gasteiger partial charge in [-0.1, -0.05) is 11.6 Å². The second-order valence-electron chi connectivity index (χ2n) is 3.89. The van der Waals surface area contributed by atoms with Gasteiger partial charge in [0.2, 0.25) is 0 Å². The number of benzene rings is 1. The standard InChI is InChI=1S/C12H11ClF2N2O/c13-8-1-2-9-10(3-4-16-11(9)5-8)17-6-12(14,15)7-18/h1-5,18H,6-7H2,(H,16,17). The molecule has 3 nitrogen and oxygen atoms in total. The molecule has 0 bridgehead atoms. The predicted molar refractivity (Wildman–Crippen MR) is 67.3 cm³/mol. The second-order valence-corrected chi connectivity index (χ2v) is 4.32. The Balaban J connectivity index is 2.29. The highest BCUT2D eigenvalue weighted by Gasteiger charge is 2.27. The molecule has 0 radical (unpaired) electrons. The van der Waals surface area contributed by atoms with Crippen LogP contribution in [0.25, 0.3) is 10.9 Å². The molecule has 0 amide bonds. The van der Waals surface area contributed by atoms with Gasteiger partial charge in [0, 0.05) is 22.3 Å². The first-order chi connectivity index (χ1) is 8.52. The molecule has 0 fully saturated rings. The molecular formula is C12H11ClF2N2O. The Morgan fingerprint density at radius 2 is 2.11 bits per heavy atom. The van der Waals surface area contributed by atoms with Crippen molar-refractivity contribution in [1.29, 1.82) is 0 Å². The van der Waals surface area contributed by atoms with Crippen molar-refractivity contribution in [3.63, 3.8) is 0 Å². The summed E-state index contributed by atoms with van der Waals surface area (Å²) in [7, 11) is 0. The molecule has 1 heterocycles. The van der Waals surface area contributed by atoms with Crippen LogP contribution in [0.1, 0.15) is 0 Å². The van der Waals surface area contributed by atoms with E-state index in [1.165, 1.54) is 6.20 Å². The molecule has 0 aliphatic carbocycles. The largest absolute Gasteiger partial charge is 0.390 e. The van der Waals surface area contributed by atoms with Crippen LogP contribution in [0, 0.1) is 0 Å². The number of hydrogen-bond acceptors (Lipinski definition) is 3. The number of pyridine rings is 1. The summed E-state index contributed by atoms with van der Waals surface area (Å²) in [5.41, 5.74) is 1.16. The van der Waals surface area contributed by atoms with Gasteiger partial charge in [0.1, 0.15) is 6.61 Å². The van der Waals surface area contributed by atoms with Crippen LogP contribution in [-0.2, 0) is 0 Å². The summed E-state index contributed by atoms with van der Waals surface area (Å²) < 4.78 is 25.9. The van der Waals surface area contributed by atoms with Crippen LogP contribution < -0.4 is 5.32 Å². The quantitative estimate of drug-likeness (QED) is 0.899. The van der Waals surface area contributed by atoms with Crippen molar-refractivity contribution in [3.8, 4) is 0 Å². The number of aliphatic hydroxyl groups is 1. The monoisotopic (exact) mass is 272 g/mol. The summed E-state index contributed by atoms with van der Waals surface area (Å²) >= 11 is 5.83. The highest BCUT2D eigenvalue weighted by Crippen LogP contribution is 2.25. The molecule has 0 aliphatic heterocycles. The normalized spacial score (nSPS) is 11.8. The smallest absolute Gasteiger partial charge is 0.287 e. The number of nitrogens with zero attached hydrogens (tertiary/aromatic N) is 1. The van der Waals surface area contributed by atoms with E-state index in [1.54, 1.807) is 24.3 Å². The van der Waals surface area contributed by atoms with Crippen LogP contribution in [-0.4, -0.2) is 29.2 Å².